The number of ether oxygens (including phenoxy) is 1. The van der Waals surface area contributed by atoms with Crippen molar-refractivity contribution in [2.45, 2.75) is 5.16 Å². The molecular formula is C24H18ClN3O3S. The number of benzene rings is 3. The van der Waals surface area contributed by atoms with Gasteiger partial charge in [0.2, 0.25) is 5.91 Å². The van der Waals surface area contributed by atoms with Crippen LogP contribution >= 0.6 is 23.4 Å². The number of nitrogens with one attached hydrogen (secondary N) is 2. The molecule has 0 spiro atoms. The molecule has 4 rings (SSSR count). The van der Waals surface area contributed by atoms with Crippen molar-refractivity contribution in [1.29, 1.82) is 0 Å². The van der Waals surface area contributed by atoms with Crippen LogP contribution in [0.3, 0.4) is 0 Å². The Labute approximate surface area is 193 Å². The van der Waals surface area contributed by atoms with E-state index in [4.69, 9.17) is 16.3 Å². The van der Waals surface area contributed by atoms with Gasteiger partial charge in [0.1, 0.15) is 11.5 Å². The molecule has 0 unspecified atom stereocenters. The Kier molecular flexibility index (Phi) is 6.89. The van der Waals surface area contributed by atoms with Crippen LogP contribution in [0, 0.1) is 0 Å². The van der Waals surface area contributed by atoms with Crippen molar-refractivity contribution in [2.75, 3.05) is 11.1 Å². The summed E-state index contributed by atoms with van der Waals surface area (Å²) >= 11 is 7.06. The summed E-state index contributed by atoms with van der Waals surface area (Å²) in [6.07, 6.45) is 0. The number of hydrogen-bond acceptors (Lipinski definition) is 5. The van der Waals surface area contributed by atoms with Crippen molar-refractivity contribution in [3.05, 3.63) is 100 Å². The highest BCUT2D eigenvalue weighted by molar-refractivity contribution is 7.99. The van der Waals surface area contributed by atoms with Crippen LogP contribution < -0.4 is 15.6 Å². The number of carbonyl (C=O) groups excluding carboxylic acids is 1. The van der Waals surface area contributed by atoms with Gasteiger partial charge in [0, 0.05) is 22.3 Å². The Morgan fingerprint density at radius 1 is 0.969 bits per heavy atom. The molecule has 160 valence electrons. The molecule has 0 bridgehead atoms. The zero-order chi connectivity index (χ0) is 22.3. The van der Waals surface area contributed by atoms with E-state index in [-0.39, 0.29) is 17.2 Å². The molecule has 8 heteroatoms. The lowest BCUT2D eigenvalue weighted by Gasteiger charge is -2.08. The molecule has 0 aliphatic carbocycles. The first-order chi connectivity index (χ1) is 15.5. The largest absolute Gasteiger partial charge is 0.457 e. The minimum atomic E-state index is -0.290. The number of carbonyl (C=O) groups is 1. The predicted octanol–water partition coefficient (Wildman–Crippen LogP) is 5.61. The van der Waals surface area contributed by atoms with Gasteiger partial charge >= 0.3 is 0 Å². The smallest absolute Gasteiger partial charge is 0.252 e. The van der Waals surface area contributed by atoms with E-state index in [1.807, 2.05) is 30.3 Å². The Bertz CT molecular complexity index is 1260. The number of para-hydroxylation sites is 1. The monoisotopic (exact) mass is 463 g/mol. The number of hydrogen-bond donors (Lipinski definition) is 2. The molecule has 1 heterocycles. The topological polar surface area (TPSA) is 84.1 Å². The lowest BCUT2D eigenvalue weighted by molar-refractivity contribution is -0.113. The third-order valence-electron chi connectivity index (χ3n) is 4.32. The van der Waals surface area contributed by atoms with Crippen LogP contribution in [0.15, 0.2) is 94.9 Å². The Morgan fingerprint density at radius 3 is 2.38 bits per heavy atom. The van der Waals surface area contributed by atoms with Gasteiger partial charge in [-0.1, -0.05) is 53.7 Å². The van der Waals surface area contributed by atoms with Crippen molar-refractivity contribution in [3.8, 4) is 22.8 Å². The van der Waals surface area contributed by atoms with Crippen LogP contribution in [0.1, 0.15) is 0 Å². The highest BCUT2D eigenvalue weighted by atomic mass is 35.5. The number of H-pyrrole nitrogens is 1. The number of halogens is 1. The second-order valence-electron chi connectivity index (χ2n) is 6.72. The van der Waals surface area contributed by atoms with Gasteiger partial charge in [-0.3, -0.25) is 9.59 Å². The zero-order valence-corrected chi connectivity index (χ0v) is 18.3. The first kappa shape index (κ1) is 21.7. The van der Waals surface area contributed by atoms with E-state index in [1.54, 1.807) is 48.5 Å². The van der Waals surface area contributed by atoms with Gasteiger partial charge < -0.3 is 15.0 Å². The lowest BCUT2D eigenvalue weighted by atomic mass is 10.1. The molecule has 6 nitrogen and oxygen atoms in total. The quantitative estimate of drug-likeness (QED) is 0.275. The summed E-state index contributed by atoms with van der Waals surface area (Å²) in [6, 6.07) is 25.0. The number of aromatic nitrogens is 2. The van der Waals surface area contributed by atoms with E-state index in [2.05, 4.69) is 15.3 Å². The van der Waals surface area contributed by atoms with Gasteiger partial charge in [0.25, 0.3) is 5.56 Å². The van der Waals surface area contributed by atoms with Gasteiger partial charge in [-0.05, 0) is 48.5 Å². The number of nitrogens with zero attached hydrogens (tertiary/aromatic N) is 1. The van der Waals surface area contributed by atoms with Crippen LogP contribution in [0.4, 0.5) is 5.69 Å². The average Bonchev–Trinajstić information content (AvgIpc) is 2.80. The second kappa shape index (κ2) is 10.2. The fraction of sp³-hybridized carbons (Fsp3) is 0.0417. The van der Waals surface area contributed by atoms with E-state index in [0.29, 0.717) is 27.3 Å². The van der Waals surface area contributed by atoms with E-state index in [0.717, 1.165) is 23.1 Å². The lowest BCUT2D eigenvalue weighted by Crippen LogP contribution is -2.15. The summed E-state index contributed by atoms with van der Waals surface area (Å²) in [6.45, 7) is 0. The van der Waals surface area contributed by atoms with E-state index < -0.39 is 0 Å². The Morgan fingerprint density at radius 2 is 1.66 bits per heavy atom. The maximum Gasteiger partial charge on any atom is 0.252 e. The summed E-state index contributed by atoms with van der Waals surface area (Å²) < 4.78 is 5.74. The minimum absolute atomic E-state index is 0.0925. The summed E-state index contributed by atoms with van der Waals surface area (Å²) in [5.74, 6) is 1.29. The molecule has 1 amide bonds. The maximum absolute atomic E-state index is 12.3. The van der Waals surface area contributed by atoms with Crippen molar-refractivity contribution in [1.82, 2.24) is 9.97 Å². The maximum atomic E-state index is 12.3. The van der Waals surface area contributed by atoms with Crippen LogP contribution in [0.2, 0.25) is 5.02 Å². The van der Waals surface area contributed by atoms with Gasteiger partial charge in [-0.25, -0.2) is 4.98 Å². The van der Waals surface area contributed by atoms with Crippen LogP contribution in [0.25, 0.3) is 11.3 Å². The number of amides is 1. The van der Waals surface area contributed by atoms with Crippen LogP contribution in [-0.2, 0) is 4.79 Å². The molecule has 0 fully saturated rings. The summed E-state index contributed by atoms with van der Waals surface area (Å²) in [7, 11) is 0. The van der Waals surface area contributed by atoms with Crippen LogP contribution in [0.5, 0.6) is 11.5 Å². The zero-order valence-electron chi connectivity index (χ0n) is 16.7. The van der Waals surface area contributed by atoms with Crippen molar-refractivity contribution in [2.24, 2.45) is 0 Å². The summed E-state index contributed by atoms with van der Waals surface area (Å²) in [4.78, 5) is 31.4. The molecule has 4 aromatic rings. The predicted molar refractivity (Wildman–Crippen MR) is 128 cm³/mol. The molecule has 0 atom stereocenters. The molecule has 3 aromatic carbocycles. The van der Waals surface area contributed by atoms with Crippen LogP contribution in [-0.4, -0.2) is 21.6 Å². The van der Waals surface area contributed by atoms with Gasteiger partial charge in [0.05, 0.1) is 11.4 Å². The molecule has 0 saturated heterocycles. The number of anilines is 1. The third kappa shape index (κ3) is 6.00. The highest BCUT2D eigenvalue weighted by Crippen LogP contribution is 2.23. The van der Waals surface area contributed by atoms with E-state index >= 15 is 0 Å². The van der Waals surface area contributed by atoms with Gasteiger partial charge in [-0.15, -0.1) is 0 Å². The van der Waals surface area contributed by atoms with Crippen molar-refractivity contribution >= 4 is 35.0 Å². The number of aromatic amines is 1. The minimum Gasteiger partial charge on any atom is -0.457 e. The molecule has 0 radical (unpaired) electrons. The molecule has 0 aliphatic rings. The molecular weight excluding hydrogens is 446 g/mol. The SMILES string of the molecule is O=C(CSc1nc(-c2ccc(Cl)cc2)cc(=O)[nH]1)Nc1ccc(Oc2ccccc2)cc1. The number of thioether (sulfide) groups is 1. The fourth-order valence-corrected chi connectivity index (χ4v) is 3.64. The average molecular weight is 464 g/mol. The molecule has 0 aliphatic heterocycles. The molecule has 2 N–H and O–H groups in total. The highest BCUT2D eigenvalue weighted by Gasteiger charge is 2.09. The van der Waals surface area contributed by atoms with E-state index in [9.17, 15) is 9.59 Å². The standard InChI is InChI=1S/C24H18ClN3O3S/c25-17-8-6-16(7-9-17)21-14-22(29)28-24(27-21)32-15-23(30)26-18-10-12-20(13-11-18)31-19-4-2-1-3-5-19/h1-14H,15H2,(H,26,30)(H,27,28,29). The molecule has 32 heavy (non-hydrogen) atoms. The molecule has 1 aromatic heterocycles. The summed E-state index contributed by atoms with van der Waals surface area (Å²) in [5.41, 5.74) is 1.64. The van der Waals surface area contributed by atoms with E-state index in [1.165, 1.54) is 6.07 Å². The Hall–Kier alpha value is -3.55. The van der Waals surface area contributed by atoms with Gasteiger partial charge in [-0.2, -0.15) is 0 Å². The first-order valence-electron chi connectivity index (χ1n) is 9.68. The Balaban J connectivity index is 1.35. The summed E-state index contributed by atoms with van der Waals surface area (Å²) in [5, 5.41) is 3.79. The van der Waals surface area contributed by atoms with Crippen molar-refractivity contribution in [3.63, 3.8) is 0 Å². The van der Waals surface area contributed by atoms with Gasteiger partial charge in [0.15, 0.2) is 5.16 Å². The fourth-order valence-electron chi connectivity index (χ4n) is 2.83. The normalized spacial score (nSPS) is 10.5. The number of rotatable bonds is 7. The molecule has 0 saturated carbocycles. The second-order valence-corrected chi connectivity index (χ2v) is 8.12. The third-order valence-corrected chi connectivity index (χ3v) is 5.44. The van der Waals surface area contributed by atoms with Crippen molar-refractivity contribution < 1.29 is 9.53 Å². The first-order valence-corrected chi connectivity index (χ1v) is 11.0.